The van der Waals surface area contributed by atoms with Crippen molar-refractivity contribution in [2.75, 3.05) is 39.3 Å². The molecule has 0 fully saturated rings. The van der Waals surface area contributed by atoms with E-state index in [1.54, 1.807) is 38.3 Å². The van der Waals surface area contributed by atoms with E-state index in [9.17, 15) is 4.79 Å². The molecular weight excluding hydrogens is 232 g/mol. The van der Waals surface area contributed by atoms with Crippen LogP contribution >= 0.6 is 0 Å². The molecule has 0 saturated carbocycles. The second-order valence-electron chi connectivity index (χ2n) is 3.77. The summed E-state index contributed by atoms with van der Waals surface area (Å²) in [6.07, 6.45) is 0. The molecule has 0 heterocycles. The third-order valence-electron chi connectivity index (χ3n) is 2.65. The van der Waals surface area contributed by atoms with Crippen molar-refractivity contribution in [3.05, 3.63) is 18.2 Å². The number of nitrogens with one attached hydrogen (secondary N) is 1. The van der Waals surface area contributed by atoms with Gasteiger partial charge in [0.1, 0.15) is 0 Å². The van der Waals surface area contributed by atoms with Crippen LogP contribution in [-0.4, -0.2) is 40.3 Å². The number of carbonyl (C=O) groups is 1. The lowest BCUT2D eigenvalue weighted by atomic mass is 10.2. The van der Waals surface area contributed by atoms with Gasteiger partial charge in [0.15, 0.2) is 11.5 Å². The molecule has 5 heteroatoms. The molecule has 0 spiro atoms. The van der Waals surface area contributed by atoms with Gasteiger partial charge in [-0.05, 0) is 18.7 Å². The molecule has 0 aromatic heterocycles. The molecule has 0 aliphatic rings. The molecule has 0 unspecified atom stereocenters. The van der Waals surface area contributed by atoms with E-state index in [-0.39, 0.29) is 5.91 Å². The molecule has 0 bridgehead atoms. The maximum atomic E-state index is 11.8. The predicted molar refractivity (Wildman–Crippen MR) is 71.5 cm³/mol. The fourth-order valence-corrected chi connectivity index (χ4v) is 1.53. The average molecular weight is 252 g/mol. The Morgan fingerprint density at radius 2 is 1.94 bits per heavy atom. The summed E-state index contributed by atoms with van der Waals surface area (Å²) in [7, 11) is 4.89. The van der Waals surface area contributed by atoms with Gasteiger partial charge in [0.05, 0.1) is 20.8 Å². The summed E-state index contributed by atoms with van der Waals surface area (Å²) in [6, 6.07) is 5.39. The normalized spacial score (nSPS) is 10.0. The number of hydrogen-bond acceptors (Lipinski definition) is 4. The van der Waals surface area contributed by atoms with Crippen LogP contribution in [0.15, 0.2) is 18.2 Å². The highest BCUT2D eigenvalue weighted by molar-refractivity contribution is 5.94. The first-order valence-electron chi connectivity index (χ1n) is 5.83. The van der Waals surface area contributed by atoms with E-state index < -0.39 is 0 Å². The smallest absolute Gasteiger partial charge is 0.240 e. The van der Waals surface area contributed by atoms with Crippen molar-refractivity contribution < 1.29 is 14.3 Å². The van der Waals surface area contributed by atoms with Crippen molar-refractivity contribution in [2.45, 2.75) is 6.92 Å². The van der Waals surface area contributed by atoms with Gasteiger partial charge in [-0.15, -0.1) is 0 Å². The minimum Gasteiger partial charge on any atom is -0.493 e. The van der Waals surface area contributed by atoms with Crippen molar-refractivity contribution >= 4 is 11.6 Å². The Labute approximate surface area is 108 Å². The van der Waals surface area contributed by atoms with Crippen molar-refractivity contribution in [3.63, 3.8) is 0 Å². The maximum absolute atomic E-state index is 11.8. The quantitative estimate of drug-likeness (QED) is 0.828. The molecule has 1 rings (SSSR count). The van der Waals surface area contributed by atoms with Gasteiger partial charge < -0.3 is 19.7 Å². The van der Waals surface area contributed by atoms with Gasteiger partial charge in [-0.2, -0.15) is 0 Å². The van der Waals surface area contributed by atoms with Crippen molar-refractivity contribution in [1.29, 1.82) is 0 Å². The van der Waals surface area contributed by atoms with E-state index in [1.807, 2.05) is 13.0 Å². The Balaban J connectivity index is 2.85. The molecule has 1 amide bonds. The molecule has 0 radical (unpaired) electrons. The van der Waals surface area contributed by atoms with Crippen LogP contribution in [0.25, 0.3) is 0 Å². The zero-order valence-electron chi connectivity index (χ0n) is 11.3. The molecule has 5 nitrogen and oxygen atoms in total. The number of likely N-dealkylation sites (N-methyl/N-ethyl adjacent to an activating group) is 2. The highest BCUT2D eigenvalue weighted by Crippen LogP contribution is 2.30. The van der Waals surface area contributed by atoms with E-state index in [0.29, 0.717) is 18.0 Å². The highest BCUT2D eigenvalue weighted by Gasteiger charge is 2.12. The molecule has 0 aliphatic carbocycles. The van der Waals surface area contributed by atoms with Crippen LogP contribution in [0.4, 0.5) is 5.69 Å². The molecule has 100 valence electrons. The van der Waals surface area contributed by atoms with Crippen LogP contribution < -0.4 is 19.7 Å². The van der Waals surface area contributed by atoms with E-state index >= 15 is 0 Å². The van der Waals surface area contributed by atoms with Gasteiger partial charge >= 0.3 is 0 Å². The van der Waals surface area contributed by atoms with Crippen molar-refractivity contribution in [3.8, 4) is 11.5 Å². The minimum atomic E-state index is 0.00377. The van der Waals surface area contributed by atoms with E-state index in [2.05, 4.69) is 5.32 Å². The lowest BCUT2D eigenvalue weighted by Gasteiger charge is -2.19. The standard InChI is InChI=1S/C13H20N2O3/c1-5-14-9-13(16)15(2)10-6-7-11(17-3)12(8-10)18-4/h6-8,14H,5,9H2,1-4H3. The summed E-state index contributed by atoms with van der Waals surface area (Å²) < 4.78 is 10.4. The van der Waals surface area contributed by atoms with Crippen LogP contribution in [-0.2, 0) is 4.79 Å². The van der Waals surface area contributed by atoms with Crippen LogP contribution in [0.1, 0.15) is 6.92 Å². The minimum absolute atomic E-state index is 0.00377. The summed E-state index contributed by atoms with van der Waals surface area (Å²) in [5, 5.41) is 3.00. The van der Waals surface area contributed by atoms with Crippen molar-refractivity contribution in [1.82, 2.24) is 5.32 Å². The topological polar surface area (TPSA) is 50.8 Å². The molecule has 0 atom stereocenters. The lowest BCUT2D eigenvalue weighted by molar-refractivity contribution is -0.117. The van der Waals surface area contributed by atoms with Gasteiger partial charge in [-0.1, -0.05) is 6.92 Å². The third-order valence-corrected chi connectivity index (χ3v) is 2.65. The SMILES string of the molecule is CCNCC(=O)N(C)c1ccc(OC)c(OC)c1. The van der Waals surface area contributed by atoms with E-state index in [4.69, 9.17) is 9.47 Å². The number of benzene rings is 1. The lowest BCUT2D eigenvalue weighted by Crippen LogP contribution is -2.35. The zero-order chi connectivity index (χ0) is 13.5. The molecule has 1 N–H and O–H groups in total. The van der Waals surface area contributed by atoms with Crippen LogP contribution in [0.2, 0.25) is 0 Å². The molecule has 0 aliphatic heterocycles. The summed E-state index contributed by atoms with van der Waals surface area (Å²) in [6.45, 7) is 3.05. The monoisotopic (exact) mass is 252 g/mol. The number of amides is 1. The largest absolute Gasteiger partial charge is 0.493 e. The second-order valence-corrected chi connectivity index (χ2v) is 3.77. The van der Waals surface area contributed by atoms with Crippen LogP contribution in [0.5, 0.6) is 11.5 Å². The number of hydrogen-bond donors (Lipinski definition) is 1. The summed E-state index contributed by atoms with van der Waals surface area (Å²) in [5.41, 5.74) is 0.774. The van der Waals surface area contributed by atoms with Gasteiger partial charge in [-0.25, -0.2) is 0 Å². The average Bonchev–Trinajstić information content (AvgIpc) is 2.42. The highest BCUT2D eigenvalue weighted by atomic mass is 16.5. The Bertz CT molecular complexity index is 407. The van der Waals surface area contributed by atoms with Gasteiger partial charge in [0.2, 0.25) is 5.91 Å². The molecular formula is C13H20N2O3. The number of carbonyl (C=O) groups excluding carboxylic acids is 1. The molecule has 1 aromatic carbocycles. The fourth-order valence-electron chi connectivity index (χ4n) is 1.53. The Hall–Kier alpha value is -1.75. The summed E-state index contributed by atoms with van der Waals surface area (Å²) in [5.74, 6) is 1.26. The van der Waals surface area contributed by atoms with E-state index in [1.165, 1.54) is 0 Å². The fraction of sp³-hybridized carbons (Fsp3) is 0.462. The molecule has 1 aromatic rings. The number of rotatable bonds is 6. The van der Waals surface area contributed by atoms with Crippen LogP contribution in [0.3, 0.4) is 0 Å². The number of nitrogens with zero attached hydrogens (tertiary/aromatic N) is 1. The third kappa shape index (κ3) is 3.37. The Morgan fingerprint density at radius 1 is 1.28 bits per heavy atom. The second kappa shape index (κ2) is 6.86. The van der Waals surface area contributed by atoms with Crippen molar-refractivity contribution in [2.24, 2.45) is 0 Å². The first kappa shape index (κ1) is 14.3. The molecule has 18 heavy (non-hydrogen) atoms. The number of anilines is 1. The zero-order valence-corrected chi connectivity index (χ0v) is 11.3. The van der Waals surface area contributed by atoms with Gasteiger partial charge in [0, 0.05) is 18.8 Å². The maximum Gasteiger partial charge on any atom is 0.240 e. The van der Waals surface area contributed by atoms with E-state index in [0.717, 1.165) is 12.2 Å². The predicted octanol–water partition coefficient (Wildman–Crippen LogP) is 1.28. The van der Waals surface area contributed by atoms with Crippen LogP contribution in [0, 0.1) is 0 Å². The molecule has 0 saturated heterocycles. The van der Waals surface area contributed by atoms with Gasteiger partial charge in [-0.3, -0.25) is 4.79 Å². The number of ether oxygens (including phenoxy) is 2. The summed E-state index contributed by atoms with van der Waals surface area (Å²) >= 11 is 0. The first-order chi connectivity index (χ1) is 8.63. The van der Waals surface area contributed by atoms with Gasteiger partial charge in [0.25, 0.3) is 0 Å². The summed E-state index contributed by atoms with van der Waals surface area (Å²) in [4.78, 5) is 13.4. The number of methoxy groups -OCH3 is 2. The Morgan fingerprint density at radius 3 is 2.50 bits per heavy atom. The Kier molecular flexibility index (Phi) is 5.45. The first-order valence-corrected chi connectivity index (χ1v) is 5.83.